The van der Waals surface area contributed by atoms with Crippen molar-refractivity contribution in [3.05, 3.63) is 42.5 Å². The highest BCUT2D eigenvalue weighted by atomic mass is 32.2. The molecule has 17 heavy (non-hydrogen) atoms. The number of thioether (sulfide) groups is 1. The third kappa shape index (κ3) is 2.65. The molecule has 0 radical (unpaired) electrons. The molecule has 88 valence electrons. The number of rotatable bonds is 3. The average molecular weight is 246 g/mol. The first kappa shape index (κ1) is 11.7. The van der Waals surface area contributed by atoms with E-state index in [2.05, 4.69) is 0 Å². The minimum absolute atomic E-state index is 0.620. The van der Waals surface area contributed by atoms with E-state index in [1.54, 1.807) is 11.8 Å². The molecule has 0 aliphatic rings. The van der Waals surface area contributed by atoms with Crippen LogP contribution in [0.1, 0.15) is 0 Å². The molecule has 2 aromatic carbocycles. The van der Waals surface area contributed by atoms with Gasteiger partial charge in [-0.05, 0) is 36.6 Å². The first-order chi connectivity index (χ1) is 8.20. The fourth-order valence-corrected chi connectivity index (χ4v) is 1.99. The number of hydrogen-bond donors (Lipinski definition) is 2. The van der Waals surface area contributed by atoms with E-state index >= 15 is 0 Å². The minimum Gasteiger partial charge on any atom is -0.455 e. The summed E-state index contributed by atoms with van der Waals surface area (Å²) in [5.41, 5.74) is 13.0. The predicted octanol–water partition coefficient (Wildman–Crippen LogP) is 3.37. The van der Waals surface area contributed by atoms with Gasteiger partial charge in [0.2, 0.25) is 0 Å². The van der Waals surface area contributed by atoms with Gasteiger partial charge in [0.1, 0.15) is 11.5 Å². The molecule has 0 heterocycles. The molecule has 4 heteroatoms. The van der Waals surface area contributed by atoms with Gasteiger partial charge in [0.15, 0.2) is 0 Å². The first-order valence-electron chi connectivity index (χ1n) is 5.16. The molecule has 0 spiro atoms. The van der Waals surface area contributed by atoms with Crippen molar-refractivity contribution in [1.82, 2.24) is 0 Å². The molecule has 0 bridgehead atoms. The van der Waals surface area contributed by atoms with Crippen LogP contribution >= 0.6 is 11.8 Å². The molecule has 4 N–H and O–H groups in total. The van der Waals surface area contributed by atoms with Crippen molar-refractivity contribution in [3.63, 3.8) is 0 Å². The number of para-hydroxylation sites is 2. The number of nitrogens with two attached hydrogens (primary N) is 2. The zero-order chi connectivity index (χ0) is 12.3. The summed E-state index contributed by atoms with van der Waals surface area (Å²) in [6, 6.07) is 13.0. The van der Waals surface area contributed by atoms with Crippen LogP contribution in [-0.4, -0.2) is 6.26 Å². The maximum absolute atomic E-state index is 5.82. The van der Waals surface area contributed by atoms with Gasteiger partial charge in [-0.2, -0.15) is 0 Å². The van der Waals surface area contributed by atoms with Crippen LogP contribution in [0.4, 0.5) is 11.4 Å². The zero-order valence-corrected chi connectivity index (χ0v) is 10.3. The van der Waals surface area contributed by atoms with Crippen LogP contribution in [0.15, 0.2) is 47.4 Å². The second-order valence-electron chi connectivity index (χ2n) is 3.54. The molecule has 3 nitrogen and oxygen atoms in total. The van der Waals surface area contributed by atoms with Crippen molar-refractivity contribution in [2.75, 3.05) is 17.7 Å². The summed E-state index contributed by atoms with van der Waals surface area (Å²) in [6.07, 6.45) is 1.98. The largest absolute Gasteiger partial charge is 0.455 e. The average Bonchev–Trinajstić information content (AvgIpc) is 2.34. The van der Waals surface area contributed by atoms with E-state index < -0.39 is 0 Å². The lowest BCUT2D eigenvalue weighted by Crippen LogP contribution is -1.93. The van der Waals surface area contributed by atoms with E-state index in [4.69, 9.17) is 16.2 Å². The number of nitrogen functional groups attached to an aromatic ring is 2. The summed E-state index contributed by atoms with van der Waals surface area (Å²) in [4.78, 5) is 0.997. The Morgan fingerprint density at radius 1 is 1.00 bits per heavy atom. The maximum atomic E-state index is 5.82. The van der Waals surface area contributed by atoms with Crippen LogP contribution in [-0.2, 0) is 0 Å². The van der Waals surface area contributed by atoms with Crippen LogP contribution < -0.4 is 16.2 Å². The molecule has 2 rings (SSSR count). The Bertz CT molecular complexity index is 529. The number of anilines is 2. The maximum Gasteiger partial charge on any atom is 0.150 e. The normalized spacial score (nSPS) is 10.2. The van der Waals surface area contributed by atoms with Crippen LogP contribution in [0.25, 0.3) is 0 Å². The smallest absolute Gasteiger partial charge is 0.150 e. The van der Waals surface area contributed by atoms with E-state index in [0.29, 0.717) is 11.4 Å². The van der Waals surface area contributed by atoms with Crippen LogP contribution in [0, 0.1) is 0 Å². The van der Waals surface area contributed by atoms with Crippen molar-refractivity contribution in [1.29, 1.82) is 0 Å². The molecule has 0 unspecified atom stereocenters. The lowest BCUT2D eigenvalue weighted by molar-refractivity contribution is 0.484. The summed E-state index contributed by atoms with van der Waals surface area (Å²) in [6.45, 7) is 0. The van der Waals surface area contributed by atoms with Crippen molar-refractivity contribution < 1.29 is 4.74 Å². The van der Waals surface area contributed by atoms with E-state index in [-0.39, 0.29) is 0 Å². The highest BCUT2D eigenvalue weighted by molar-refractivity contribution is 7.98. The second kappa shape index (κ2) is 5.01. The van der Waals surface area contributed by atoms with Gasteiger partial charge in [0.25, 0.3) is 0 Å². The van der Waals surface area contributed by atoms with Gasteiger partial charge in [0.05, 0.1) is 5.69 Å². The lowest BCUT2D eigenvalue weighted by Gasteiger charge is -2.10. The fourth-order valence-electron chi connectivity index (χ4n) is 1.46. The van der Waals surface area contributed by atoms with Crippen LogP contribution in [0.2, 0.25) is 0 Å². The van der Waals surface area contributed by atoms with E-state index in [1.807, 2.05) is 48.7 Å². The molecule has 0 aromatic heterocycles. The lowest BCUT2D eigenvalue weighted by atomic mass is 10.3. The van der Waals surface area contributed by atoms with Gasteiger partial charge < -0.3 is 16.2 Å². The second-order valence-corrected chi connectivity index (χ2v) is 4.39. The standard InChI is InChI=1S/C13H14N2OS/c1-17-13-8-9(6-7-11(13)15)16-12-5-3-2-4-10(12)14/h2-8H,14-15H2,1H3. The van der Waals surface area contributed by atoms with E-state index in [9.17, 15) is 0 Å². The zero-order valence-electron chi connectivity index (χ0n) is 9.51. The van der Waals surface area contributed by atoms with E-state index in [1.165, 1.54) is 0 Å². The summed E-state index contributed by atoms with van der Waals surface area (Å²) in [5.74, 6) is 1.39. The van der Waals surface area contributed by atoms with Crippen LogP contribution in [0.3, 0.4) is 0 Å². The monoisotopic (exact) mass is 246 g/mol. The molecule has 2 aromatic rings. The van der Waals surface area contributed by atoms with Gasteiger partial charge in [-0.1, -0.05) is 12.1 Å². The summed E-state index contributed by atoms with van der Waals surface area (Å²) in [7, 11) is 0. The Kier molecular flexibility index (Phi) is 3.44. The SMILES string of the molecule is CSc1cc(Oc2ccccc2N)ccc1N. The Balaban J connectivity index is 2.28. The first-order valence-corrected chi connectivity index (χ1v) is 6.39. The Hall–Kier alpha value is -1.81. The Labute approximate surface area is 105 Å². The minimum atomic E-state index is 0.620. The van der Waals surface area contributed by atoms with Gasteiger partial charge in [-0.25, -0.2) is 0 Å². The number of hydrogen-bond acceptors (Lipinski definition) is 4. The van der Waals surface area contributed by atoms with Crippen molar-refractivity contribution >= 4 is 23.1 Å². The molecule has 0 saturated heterocycles. The molecule has 0 aliphatic heterocycles. The topological polar surface area (TPSA) is 61.3 Å². The molecular weight excluding hydrogens is 232 g/mol. The quantitative estimate of drug-likeness (QED) is 0.644. The van der Waals surface area contributed by atoms with Gasteiger partial charge >= 0.3 is 0 Å². The third-order valence-corrected chi connectivity index (χ3v) is 3.15. The third-order valence-electron chi connectivity index (χ3n) is 2.35. The van der Waals surface area contributed by atoms with E-state index in [0.717, 1.165) is 16.3 Å². The van der Waals surface area contributed by atoms with Crippen molar-refractivity contribution in [2.24, 2.45) is 0 Å². The Morgan fingerprint density at radius 2 is 1.76 bits per heavy atom. The number of ether oxygens (including phenoxy) is 1. The van der Waals surface area contributed by atoms with Crippen LogP contribution in [0.5, 0.6) is 11.5 Å². The van der Waals surface area contributed by atoms with Gasteiger partial charge in [0, 0.05) is 10.6 Å². The Morgan fingerprint density at radius 3 is 2.47 bits per heavy atom. The molecule has 0 fully saturated rings. The molecule has 0 amide bonds. The van der Waals surface area contributed by atoms with Gasteiger partial charge in [-0.3, -0.25) is 0 Å². The molecule has 0 aliphatic carbocycles. The highest BCUT2D eigenvalue weighted by Crippen LogP contribution is 2.32. The fraction of sp³-hybridized carbons (Fsp3) is 0.0769. The highest BCUT2D eigenvalue weighted by Gasteiger charge is 2.04. The molecule has 0 atom stereocenters. The van der Waals surface area contributed by atoms with Gasteiger partial charge in [-0.15, -0.1) is 11.8 Å². The summed E-state index contributed by atoms with van der Waals surface area (Å²) < 4.78 is 5.71. The number of benzene rings is 2. The van der Waals surface area contributed by atoms with Crippen molar-refractivity contribution in [3.8, 4) is 11.5 Å². The molecule has 0 saturated carbocycles. The predicted molar refractivity (Wildman–Crippen MR) is 73.6 cm³/mol. The van der Waals surface area contributed by atoms with Crippen molar-refractivity contribution in [2.45, 2.75) is 4.90 Å². The summed E-state index contributed by atoms with van der Waals surface area (Å²) >= 11 is 1.59. The molecular formula is C13H14N2OS. The summed E-state index contributed by atoms with van der Waals surface area (Å²) in [5, 5.41) is 0.